The molecular formula is C21H25NO. The monoisotopic (exact) mass is 307 g/mol. The molecule has 1 aliphatic rings. The van der Waals surface area contributed by atoms with Crippen LogP contribution in [0, 0.1) is 11.8 Å². The van der Waals surface area contributed by atoms with E-state index in [4.69, 9.17) is 0 Å². The van der Waals surface area contributed by atoms with Crippen LogP contribution < -0.4 is 5.32 Å². The highest BCUT2D eigenvalue weighted by atomic mass is 16.1. The summed E-state index contributed by atoms with van der Waals surface area (Å²) < 4.78 is 0. The molecule has 1 aliphatic carbocycles. The van der Waals surface area contributed by atoms with Gasteiger partial charge in [-0.05, 0) is 29.4 Å². The molecule has 0 saturated heterocycles. The fourth-order valence-electron chi connectivity index (χ4n) is 3.65. The molecule has 2 unspecified atom stereocenters. The summed E-state index contributed by atoms with van der Waals surface area (Å²) in [5, 5.41) is 3.21. The van der Waals surface area contributed by atoms with E-state index in [-0.39, 0.29) is 11.8 Å². The van der Waals surface area contributed by atoms with Crippen molar-refractivity contribution in [2.75, 3.05) is 6.54 Å². The zero-order valence-electron chi connectivity index (χ0n) is 13.7. The second-order valence-corrected chi connectivity index (χ2v) is 6.67. The van der Waals surface area contributed by atoms with Gasteiger partial charge in [0.1, 0.15) is 0 Å². The topological polar surface area (TPSA) is 29.1 Å². The highest BCUT2D eigenvalue weighted by molar-refractivity contribution is 5.87. The van der Waals surface area contributed by atoms with Gasteiger partial charge in [-0.15, -0.1) is 0 Å². The van der Waals surface area contributed by atoms with Crippen LogP contribution in [0.1, 0.15) is 43.2 Å². The molecule has 120 valence electrons. The van der Waals surface area contributed by atoms with Gasteiger partial charge in [-0.1, -0.05) is 80.4 Å². The fourth-order valence-corrected chi connectivity index (χ4v) is 3.65. The average Bonchev–Trinajstić information content (AvgIpc) is 3.00. The van der Waals surface area contributed by atoms with Gasteiger partial charge in [0.15, 0.2) is 0 Å². The van der Waals surface area contributed by atoms with Gasteiger partial charge in [-0.25, -0.2) is 0 Å². The van der Waals surface area contributed by atoms with Crippen molar-refractivity contribution in [3.8, 4) is 0 Å². The van der Waals surface area contributed by atoms with Crippen molar-refractivity contribution in [1.82, 2.24) is 5.32 Å². The van der Waals surface area contributed by atoms with Crippen LogP contribution in [0.15, 0.2) is 60.7 Å². The molecule has 1 amide bonds. The Bertz CT molecular complexity index is 583. The van der Waals surface area contributed by atoms with E-state index in [1.165, 1.54) is 19.3 Å². The Morgan fingerprint density at radius 2 is 1.57 bits per heavy atom. The van der Waals surface area contributed by atoms with Crippen molar-refractivity contribution in [2.45, 2.75) is 32.1 Å². The van der Waals surface area contributed by atoms with Crippen molar-refractivity contribution in [1.29, 1.82) is 0 Å². The normalized spacial score (nSPS) is 20.6. The molecule has 0 bridgehead atoms. The van der Waals surface area contributed by atoms with Gasteiger partial charge in [-0.3, -0.25) is 4.79 Å². The molecule has 0 aliphatic heterocycles. The second-order valence-electron chi connectivity index (χ2n) is 6.67. The van der Waals surface area contributed by atoms with E-state index in [2.05, 4.69) is 12.2 Å². The largest absolute Gasteiger partial charge is 0.355 e. The van der Waals surface area contributed by atoms with Crippen LogP contribution in [-0.2, 0) is 4.79 Å². The maximum Gasteiger partial charge on any atom is 0.232 e. The summed E-state index contributed by atoms with van der Waals surface area (Å²) in [5.41, 5.74) is 2.10. The Labute approximate surface area is 138 Å². The van der Waals surface area contributed by atoms with Crippen LogP contribution in [0.3, 0.4) is 0 Å². The lowest BCUT2D eigenvalue weighted by Gasteiger charge is -2.21. The van der Waals surface area contributed by atoms with Gasteiger partial charge in [0.05, 0.1) is 5.92 Å². The van der Waals surface area contributed by atoms with Crippen LogP contribution in [0.4, 0.5) is 0 Å². The van der Waals surface area contributed by atoms with Crippen LogP contribution in [0.2, 0.25) is 0 Å². The highest BCUT2D eigenvalue weighted by Gasteiger charge is 2.26. The first-order valence-corrected chi connectivity index (χ1v) is 8.63. The molecule has 2 aromatic rings. The van der Waals surface area contributed by atoms with E-state index in [1.54, 1.807) is 0 Å². The Morgan fingerprint density at radius 1 is 1.00 bits per heavy atom. The smallest absolute Gasteiger partial charge is 0.232 e. The van der Waals surface area contributed by atoms with Gasteiger partial charge < -0.3 is 5.32 Å². The summed E-state index contributed by atoms with van der Waals surface area (Å²) in [6, 6.07) is 20.1. The van der Waals surface area contributed by atoms with Crippen LogP contribution in [0.25, 0.3) is 0 Å². The molecule has 1 saturated carbocycles. The standard InChI is InChI=1S/C21H25NO/c1-16-9-8-14-19(16)15-22-21(23)20(17-10-4-2-5-11-17)18-12-6-3-7-13-18/h2-7,10-13,16,19-20H,8-9,14-15H2,1H3,(H,22,23). The van der Waals surface area contributed by atoms with Gasteiger partial charge in [0.25, 0.3) is 0 Å². The Balaban J connectivity index is 1.77. The summed E-state index contributed by atoms with van der Waals surface area (Å²) in [5.74, 6) is 1.24. The van der Waals surface area contributed by atoms with Crippen molar-refractivity contribution in [2.24, 2.45) is 11.8 Å². The van der Waals surface area contributed by atoms with Crippen molar-refractivity contribution in [3.63, 3.8) is 0 Å². The molecule has 0 radical (unpaired) electrons. The maximum atomic E-state index is 12.9. The highest BCUT2D eigenvalue weighted by Crippen LogP contribution is 2.31. The van der Waals surface area contributed by atoms with Gasteiger partial charge in [0.2, 0.25) is 5.91 Å². The fraction of sp³-hybridized carbons (Fsp3) is 0.381. The number of nitrogens with one attached hydrogen (secondary N) is 1. The SMILES string of the molecule is CC1CCCC1CNC(=O)C(c1ccccc1)c1ccccc1. The zero-order valence-corrected chi connectivity index (χ0v) is 13.7. The summed E-state index contributed by atoms with van der Waals surface area (Å²) in [6.07, 6.45) is 3.83. The Kier molecular flexibility index (Phi) is 5.12. The predicted octanol–water partition coefficient (Wildman–Crippen LogP) is 4.37. The van der Waals surface area contributed by atoms with E-state index in [1.807, 2.05) is 60.7 Å². The number of rotatable bonds is 5. The summed E-state index contributed by atoms with van der Waals surface area (Å²) in [6.45, 7) is 3.10. The van der Waals surface area contributed by atoms with Crippen LogP contribution in [0.5, 0.6) is 0 Å². The molecule has 3 rings (SSSR count). The number of carbonyl (C=O) groups excluding carboxylic acids is 1. The molecule has 2 heteroatoms. The lowest BCUT2D eigenvalue weighted by atomic mass is 9.90. The lowest BCUT2D eigenvalue weighted by Crippen LogP contribution is -2.34. The van der Waals surface area contributed by atoms with E-state index in [0.717, 1.165) is 23.6 Å². The molecule has 2 atom stereocenters. The summed E-state index contributed by atoms with van der Waals surface area (Å²) in [4.78, 5) is 12.9. The number of benzene rings is 2. The maximum absolute atomic E-state index is 12.9. The van der Waals surface area contributed by atoms with Gasteiger partial charge in [-0.2, -0.15) is 0 Å². The number of hydrogen-bond acceptors (Lipinski definition) is 1. The van der Waals surface area contributed by atoms with Crippen molar-refractivity contribution in [3.05, 3.63) is 71.8 Å². The molecule has 1 N–H and O–H groups in total. The van der Waals surface area contributed by atoms with E-state index < -0.39 is 0 Å². The third-order valence-electron chi connectivity index (χ3n) is 5.11. The first kappa shape index (κ1) is 15.8. The van der Waals surface area contributed by atoms with Crippen molar-refractivity contribution < 1.29 is 4.79 Å². The molecular weight excluding hydrogens is 282 g/mol. The number of carbonyl (C=O) groups is 1. The second kappa shape index (κ2) is 7.45. The van der Waals surface area contributed by atoms with Crippen LogP contribution >= 0.6 is 0 Å². The third-order valence-corrected chi connectivity index (χ3v) is 5.11. The summed E-state index contributed by atoms with van der Waals surface area (Å²) in [7, 11) is 0. The molecule has 0 heterocycles. The minimum Gasteiger partial charge on any atom is -0.355 e. The first-order chi connectivity index (χ1) is 11.3. The van der Waals surface area contributed by atoms with Crippen LogP contribution in [-0.4, -0.2) is 12.5 Å². The first-order valence-electron chi connectivity index (χ1n) is 8.63. The Hall–Kier alpha value is -2.09. The molecule has 2 aromatic carbocycles. The molecule has 0 spiro atoms. The van der Waals surface area contributed by atoms with Gasteiger partial charge >= 0.3 is 0 Å². The van der Waals surface area contributed by atoms with E-state index in [9.17, 15) is 4.79 Å². The van der Waals surface area contributed by atoms with E-state index >= 15 is 0 Å². The minimum atomic E-state index is -0.228. The zero-order chi connectivity index (χ0) is 16.1. The predicted molar refractivity (Wildman–Crippen MR) is 94.2 cm³/mol. The third kappa shape index (κ3) is 3.82. The van der Waals surface area contributed by atoms with Gasteiger partial charge in [0, 0.05) is 6.54 Å². The van der Waals surface area contributed by atoms with E-state index in [0.29, 0.717) is 5.92 Å². The molecule has 0 aromatic heterocycles. The Morgan fingerprint density at radius 3 is 2.04 bits per heavy atom. The average molecular weight is 307 g/mol. The summed E-state index contributed by atoms with van der Waals surface area (Å²) >= 11 is 0. The number of amides is 1. The lowest BCUT2D eigenvalue weighted by molar-refractivity contribution is -0.121. The molecule has 1 fully saturated rings. The van der Waals surface area contributed by atoms with Crippen molar-refractivity contribution >= 4 is 5.91 Å². The minimum absolute atomic E-state index is 0.113. The quantitative estimate of drug-likeness (QED) is 0.873. The molecule has 2 nitrogen and oxygen atoms in total. The number of hydrogen-bond donors (Lipinski definition) is 1. The molecule has 23 heavy (non-hydrogen) atoms.